The molecule has 0 unspecified atom stereocenters. The summed E-state index contributed by atoms with van der Waals surface area (Å²) in [6.45, 7) is 6.49. The molecule has 1 aliphatic heterocycles. The summed E-state index contributed by atoms with van der Waals surface area (Å²) < 4.78 is 7.51. The monoisotopic (exact) mass is 442 g/mol. The number of nitrogens with zero attached hydrogens (tertiary/aromatic N) is 4. The summed E-state index contributed by atoms with van der Waals surface area (Å²) in [5.74, 6) is 0.808. The summed E-state index contributed by atoms with van der Waals surface area (Å²) in [6, 6.07) is 10.4. The number of amides is 1. The zero-order valence-corrected chi connectivity index (χ0v) is 18.1. The van der Waals surface area contributed by atoms with Crippen LogP contribution in [0.4, 0.5) is 11.4 Å². The Labute approximate surface area is 184 Å². The van der Waals surface area contributed by atoms with E-state index < -0.39 is 4.92 Å². The molecule has 0 aliphatic carbocycles. The minimum absolute atomic E-state index is 0.0197. The van der Waals surface area contributed by atoms with Gasteiger partial charge in [-0.05, 0) is 44.2 Å². The average Bonchev–Trinajstić information content (AvgIpc) is 3.37. The highest BCUT2D eigenvalue weighted by Crippen LogP contribution is 2.32. The van der Waals surface area contributed by atoms with Gasteiger partial charge in [0.05, 0.1) is 23.3 Å². The van der Waals surface area contributed by atoms with E-state index in [-0.39, 0.29) is 11.6 Å². The van der Waals surface area contributed by atoms with Crippen LogP contribution in [0.15, 0.2) is 47.1 Å². The summed E-state index contributed by atoms with van der Waals surface area (Å²) in [5.41, 5.74) is 3.07. The normalized spacial score (nSPS) is 14.2. The van der Waals surface area contributed by atoms with Crippen molar-refractivity contribution in [1.82, 2.24) is 9.47 Å². The smallest absolute Gasteiger partial charge is 0.294 e. The van der Waals surface area contributed by atoms with Crippen molar-refractivity contribution >= 4 is 28.9 Å². The third-order valence-electron chi connectivity index (χ3n) is 5.74. The fraction of sp³-hybridized carbons (Fsp3) is 0.318. The number of rotatable bonds is 5. The first-order chi connectivity index (χ1) is 14.8. The Morgan fingerprint density at radius 3 is 2.55 bits per heavy atom. The highest BCUT2D eigenvalue weighted by atomic mass is 35.5. The number of aryl methyl sites for hydroxylation is 1. The summed E-state index contributed by atoms with van der Waals surface area (Å²) in [5, 5.41) is 11.7. The van der Waals surface area contributed by atoms with Gasteiger partial charge in [0.2, 0.25) is 0 Å². The lowest BCUT2D eigenvalue weighted by Crippen LogP contribution is -2.49. The molecule has 0 spiro atoms. The van der Waals surface area contributed by atoms with E-state index in [1.54, 1.807) is 23.3 Å². The molecule has 4 rings (SSSR count). The SMILES string of the molecule is Cc1cc(C(=O)N2CCN(c3ccc(Cl)cc3[N+](=O)[O-])CC2)c(C)n1Cc1ccco1. The number of nitro benzene ring substituents is 1. The van der Waals surface area contributed by atoms with Crippen LogP contribution in [0.5, 0.6) is 0 Å². The van der Waals surface area contributed by atoms with E-state index in [1.165, 1.54) is 6.07 Å². The summed E-state index contributed by atoms with van der Waals surface area (Å²) >= 11 is 5.92. The number of furan rings is 1. The van der Waals surface area contributed by atoms with Crippen molar-refractivity contribution in [2.75, 3.05) is 31.1 Å². The Morgan fingerprint density at radius 2 is 1.90 bits per heavy atom. The molecule has 1 fully saturated rings. The second kappa shape index (κ2) is 8.47. The average molecular weight is 443 g/mol. The second-order valence-corrected chi connectivity index (χ2v) is 8.06. The van der Waals surface area contributed by atoms with Crippen LogP contribution >= 0.6 is 11.6 Å². The van der Waals surface area contributed by atoms with Crippen molar-refractivity contribution in [3.63, 3.8) is 0 Å². The molecule has 0 atom stereocenters. The van der Waals surface area contributed by atoms with Crippen LogP contribution in [-0.4, -0.2) is 46.5 Å². The Kier molecular flexibility index (Phi) is 5.73. The maximum Gasteiger partial charge on any atom is 0.294 e. The molecule has 1 amide bonds. The molecule has 0 bridgehead atoms. The number of carbonyl (C=O) groups is 1. The van der Waals surface area contributed by atoms with Crippen molar-refractivity contribution in [3.05, 3.63) is 80.5 Å². The van der Waals surface area contributed by atoms with E-state index >= 15 is 0 Å². The number of halogens is 1. The maximum atomic E-state index is 13.2. The summed E-state index contributed by atoms with van der Waals surface area (Å²) in [7, 11) is 0. The molecule has 1 aliphatic rings. The molecule has 0 saturated carbocycles. The van der Waals surface area contributed by atoms with Crippen molar-refractivity contribution in [3.8, 4) is 0 Å². The summed E-state index contributed by atoms with van der Waals surface area (Å²) in [4.78, 5) is 27.9. The van der Waals surface area contributed by atoms with Gasteiger partial charge >= 0.3 is 0 Å². The van der Waals surface area contributed by atoms with Gasteiger partial charge in [-0.15, -0.1) is 0 Å². The van der Waals surface area contributed by atoms with Gasteiger partial charge < -0.3 is 18.8 Å². The third-order valence-corrected chi connectivity index (χ3v) is 5.97. The molecule has 0 N–H and O–H groups in total. The molecule has 0 radical (unpaired) electrons. The topological polar surface area (TPSA) is 84.8 Å². The third kappa shape index (κ3) is 4.16. The highest BCUT2D eigenvalue weighted by molar-refractivity contribution is 6.30. The first kappa shape index (κ1) is 21.0. The highest BCUT2D eigenvalue weighted by Gasteiger charge is 2.28. The van der Waals surface area contributed by atoms with Crippen molar-refractivity contribution in [1.29, 1.82) is 0 Å². The minimum atomic E-state index is -0.424. The molecule has 31 heavy (non-hydrogen) atoms. The quantitative estimate of drug-likeness (QED) is 0.435. The largest absolute Gasteiger partial charge is 0.467 e. The van der Waals surface area contributed by atoms with E-state index in [1.807, 2.05) is 36.9 Å². The lowest BCUT2D eigenvalue weighted by Gasteiger charge is -2.35. The van der Waals surface area contributed by atoms with Gasteiger partial charge in [0, 0.05) is 48.7 Å². The van der Waals surface area contributed by atoms with Gasteiger partial charge in [0.25, 0.3) is 11.6 Å². The van der Waals surface area contributed by atoms with E-state index in [4.69, 9.17) is 16.0 Å². The number of hydrogen-bond acceptors (Lipinski definition) is 5. The van der Waals surface area contributed by atoms with Crippen molar-refractivity contribution in [2.24, 2.45) is 0 Å². The van der Waals surface area contributed by atoms with Crippen LogP contribution < -0.4 is 4.90 Å². The van der Waals surface area contributed by atoms with Gasteiger partial charge in [0.15, 0.2) is 0 Å². The van der Waals surface area contributed by atoms with Crippen molar-refractivity contribution < 1.29 is 14.1 Å². The Morgan fingerprint density at radius 1 is 1.16 bits per heavy atom. The van der Waals surface area contributed by atoms with E-state index in [0.717, 1.165) is 17.1 Å². The predicted molar refractivity (Wildman–Crippen MR) is 118 cm³/mol. The van der Waals surface area contributed by atoms with Crippen LogP contribution in [0.3, 0.4) is 0 Å². The summed E-state index contributed by atoms with van der Waals surface area (Å²) in [6.07, 6.45) is 1.64. The molecule has 1 aromatic carbocycles. The fourth-order valence-corrected chi connectivity index (χ4v) is 4.22. The number of anilines is 1. The van der Waals surface area contributed by atoms with Crippen LogP contribution in [-0.2, 0) is 6.54 Å². The number of hydrogen-bond donors (Lipinski definition) is 0. The standard InChI is InChI=1S/C22H23ClN4O4/c1-15-12-19(16(2)26(15)14-18-4-3-11-31-18)22(28)25-9-7-24(8-10-25)20-6-5-17(23)13-21(20)27(29)30/h3-6,11-13H,7-10,14H2,1-2H3. The molecular weight excluding hydrogens is 420 g/mol. The molecule has 9 heteroatoms. The van der Waals surface area contributed by atoms with Gasteiger partial charge in [-0.1, -0.05) is 11.6 Å². The minimum Gasteiger partial charge on any atom is -0.467 e. The second-order valence-electron chi connectivity index (χ2n) is 7.62. The Balaban J connectivity index is 1.48. The van der Waals surface area contributed by atoms with Gasteiger partial charge in [-0.3, -0.25) is 14.9 Å². The van der Waals surface area contributed by atoms with Gasteiger partial charge in [0.1, 0.15) is 11.4 Å². The van der Waals surface area contributed by atoms with Crippen LogP contribution in [0.25, 0.3) is 0 Å². The van der Waals surface area contributed by atoms with E-state index in [0.29, 0.717) is 49.0 Å². The Bertz CT molecular complexity index is 1110. The zero-order chi connectivity index (χ0) is 22.1. The number of nitro groups is 1. The van der Waals surface area contributed by atoms with E-state index in [2.05, 4.69) is 4.57 Å². The van der Waals surface area contributed by atoms with E-state index in [9.17, 15) is 14.9 Å². The van der Waals surface area contributed by atoms with Gasteiger partial charge in [-0.25, -0.2) is 0 Å². The predicted octanol–water partition coefficient (Wildman–Crippen LogP) is 4.27. The zero-order valence-electron chi connectivity index (χ0n) is 17.4. The molecule has 162 valence electrons. The molecule has 8 nitrogen and oxygen atoms in total. The van der Waals surface area contributed by atoms with Crippen LogP contribution in [0.1, 0.15) is 27.5 Å². The Hall–Kier alpha value is -3.26. The first-order valence-corrected chi connectivity index (χ1v) is 10.4. The fourth-order valence-electron chi connectivity index (χ4n) is 4.05. The number of benzene rings is 1. The lowest BCUT2D eigenvalue weighted by molar-refractivity contribution is -0.384. The molecular formula is C22H23ClN4O4. The maximum absolute atomic E-state index is 13.2. The number of aromatic nitrogens is 1. The van der Waals surface area contributed by atoms with Crippen LogP contribution in [0, 0.1) is 24.0 Å². The van der Waals surface area contributed by atoms with Gasteiger partial charge in [-0.2, -0.15) is 0 Å². The number of piperazine rings is 1. The van der Waals surface area contributed by atoms with Crippen LogP contribution in [0.2, 0.25) is 5.02 Å². The lowest BCUT2D eigenvalue weighted by atomic mass is 10.1. The molecule has 3 heterocycles. The molecule has 3 aromatic rings. The molecule has 2 aromatic heterocycles. The molecule has 1 saturated heterocycles. The first-order valence-electron chi connectivity index (χ1n) is 10.0. The van der Waals surface area contributed by atoms with Crippen molar-refractivity contribution in [2.45, 2.75) is 20.4 Å². The number of carbonyl (C=O) groups excluding carboxylic acids is 1.